The van der Waals surface area contributed by atoms with Crippen molar-refractivity contribution < 1.29 is 0 Å². The van der Waals surface area contributed by atoms with E-state index in [4.69, 9.17) is 0 Å². The van der Waals surface area contributed by atoms with Gasteiger partial charge in [-0.1, -0.05) is 20.8 Å². The average Bonchev–Trinajstić information content (AvgIpc) is 2.25. The lowest BCUT2D eigenvalue weighted by atomic mass is 10.1. The lowest BCUT2D eigenvalue weighted by Gasteiger charge is -2.16. The first-order valence-corrected chi connectivity index (χ1v) is 5.93. The second-order valence-corrected chi connectivity index (χ2v) is 4.59. The SMILES string of the molecule is CCNCc1cc(C(C)C)nc(N(C)C)c1. The molecule has 0 aliphatic heterocycles. The first kappa shape index (κ1) is 13.0. The second kappa shape index (κ2) is 5.85. The number of pyridine rings is 1. The molecular formula is C13H23N3. The van der Waals surface area contributed by atoms with Crippen molar-refractivity contribution in [3.63, 3.8) is 0 Å². The van der Waals surface area contributed by atoms with Gasteiger partial charge < -0.3 is 10.2 Å². The summed E-state index contributed by atoms with van der Waals surface area (Å²) in [6, 6.07) is 4.34. The zero-order valence-electron chi connectivity index (χ0n) is 11.0. The van der Waals surface area contributed by atoms with E-state index in [1.54, 1.807) is 0 Å². The van der Waals surface area contributed by atoms with Crippen molar-refractivity contribution in [2.45, 2.75) is 33.2 Å². The fourth-order valence-corrected chi connectivity index (χ4v) is 1.49. The van der Waals surface area contributed by atoms with Gasteiger partial charge in [-0.05, 0) is 30.2 Å². The van der Waals surface area contributed by atoms with Crippen molar-refractivity contribution in [2.24, 2.45) is 0 Å². The molecule has 0 fully saturated rings. The highest BCUT2D eigenvalue weighted by Crippen LogP contribution is 2.18. The first-order valence-electron chi connectivity index (χ1n) is 5.93. The van der Waals surface area contributed by atoms with Gasteiger partial charge in [-0.3, -0.25) is 0 Å². The highest BCUT2D eigenvalue weighted by Gasteiger charge is 2.07. The number of nitrogens with zero attached hydrogens (tertiary/aromatic N) is 2. The van der Waals surface area contributed by atoms with Crippen LogP contribution in [0.2, 0.25) is 0 Å². The molecule has 3 nitrogen and oxygen atoms in total. The predicted octanol–water partition coefficient (Wildman–Crippen LogP) is 2.38. The third-order valence-corrected chi connectivity index (χ3v) is 2.52. The van der Waals surface area contributed by atoms with E-state index in [2.05, 4.69) is 48.1 Å². The molecule has 0 aliphatic rings. The maximum Gasteiger partial charge on any atom is 0.128 e. The Bertz CT molecular complexity index is 306. The van der Waals surface area contributed by atoms with Crippen LogP contribution in [0.15, 0.2) is 12.1 Å². The van der Waals surface area contributed by atoms with Crippen LogP contribution in [0.4, 0.5) is 5.82 Å². The fraction of sp³-hybridized carbons (Fsp3) is 0.615. The lowest BCUT2D eigenvalue weighted by Crippen LogP contribution is -2.16. The molecular weight excluding hydrogens is 198 g/mol. The lowest BCUT2D eigenvalue weighted by molar-refractivity contribution is 0.720. The molecule has 1 aromatic rings. The Labute approximate surface area is 98.9 Å². The van der Waals surface area contributed by atoms with E-state index in [0.717, 1.165) is 18.9 Å². The van der Waals surface area contributed by atoms with E-state index < -0.39 is 0 Å². The van der Waals surface area contributed by atoms with Crippen molar-refractivity contribution in [1.29, 1.82) is 0 Å². The van der Waals surface area contributed by atoms with Crippen LogP contribution in [0.25, 0.3) is 0 Å². The molecule has 1 aromatic heterocycles. The highest BCUT2D eigenvalue weighted by atomic mass is 15.1. The van der Waals surface area contributed by atoms with Gasteiger partial charge in [0.05, 0.1) is 0 Å². The summed E-state index contributed by atoms with van der Waals surface area (Å²) in [5.74, 6) is 1.51. The van der Waals surface area contributed by atoms with Crippen molar-refractivity contribution in [3.05, 3.63) is 23.4 Å². The minimum absolute atomic E-state index is 0.472. The Morgan fingerprint density at radius 1 is 1.31 bits per heavy atom. The van der Waals surface area contributed by atoms with E-state index in [-0.39, 0.29) is 0 Å². The Hall–Kier alpha value is -1.09. The Kier molecular flexibility index (Phi) is 4.74. The van der Waals surface area contributed by atoms with Gasteiger partial charge in [0.25, 0.3) is 0 Å². The number of anilines is 1. The summed E-state index contributed by atoms with van der Waals surface area (Å²) >= 11 is 0. The van der Waals surface area contributed by atoms with Gasteiger partial charge in [0.2, 0.25) is 0 Å². The van der Waals surface area contributed by atoms with Crippen LogP contribution in [0.3, 0.4) is 0 Å². The number of nitrogens with one attached hydrogen (secondary N) is 1. The van der Waals surface area contributed by atoms with E-state index in [1.165, 1.54) is 11.3 Å². The largest absolute Gasteiger partial charge is 0.363 e. The fourth-order valence-electron chi connectivity index (χ4n) is 1.49. The van der Waals surface area contributed by atoms with Crippen LogP contribution < -0.4 is 10.2 Å². The van der Waals surface area contributed by atoms with Gasteiger partial charge in [0.15, 0.2) is 0 Å². The summed E-state index contributed by atoms with van der Waals surface area (Å²) < 4.78 is 0. The predicted molar refractivity (Wildman–Crippen MR) is 70.0 cm³/mol. The summed E-state index contributed by atoms with van der Waals surface area (Å²) in [7, 11) is 4.06. The maximum atomic E-state index is 4.64. The van der Waals surface area contributed by atoms with Gasteiger partial charge >= 0.3 is 0 Å². The normalized spacial score (nSPS) is 10.9. The third kappa shape index (κ3) is 3.49. The van der Waals surface area contributed by atoms with Crippen molar-refractivity contribution in [2.75, 3.05) is 25.5 Å². The molecule has 0 aliphatic carbocycles. The van der Waals surface area contributed by atoms with Gasteiger partial charge in [-0.2, -0.15) is 0 Å². The van der Waals surface area contributed by atoms with Gasteiger partial charge in [0, 0.05) is 26.3 Å². The molecule has 1 N–H and O–H groups in total. The molecule has 1 heterocycles. The van der Waals surface area contributed by atoms with Crippen LogP contribution >= 0.6 is 0 Å². The zero-order valence-corrected chi connectivity index (χ0v) is 11.0. The highest BCUT2D eigenvalue weighted by molar-refractivity contribution is 5.41. The van der Waals surface area contributed by atoms with Crippen LogP contribution in [-0.2, 0) is 6.54 Å². The molecule has 0 radical (unpaired) electrons. The van der Waals surface area contributed by atoms with E-state index >= 15 is 0 Å². The number of rotatable bonds is 5. The molecule has 0 bridgehead atoms. The monoisotopic (exact) mass is 221 g/mol. The minimum Gasteiger partial charge on any atom is -0.363 e. The maximum absolute atomic E-state index is 4.64. The second-order valence-electron chi connectivity index (χ2n) is 4.59. The Morgan fingerprint density at radius 2 is 2.00 bits per heavy atom. The van der Waals surface area contributed by atoms with Crippen LogP contribution in [0.5, 0.6) is 0 Å². The quantitative estimate of drug-likeness (QED) is 0.827. The molecule has 0 unspecified atom stereocenters. The smallest absolute Gasteiger partial charge is 0.128 e. The summed E-state index contributed by atoms with van der Waals surface area (Å²) in [5, 5.41) is 3.35. The van der Waals surface area contributed by atoms with Crippen molar-refractivity contribution in [1.82, 2.24) is 10.3 Å². The Morgan fingerprint density at radius 3 is 2.50 bits per heavy atom. The zero-order chi connectivity index (χ0) is 12.1. The summed E-state index contributed by atoms with van der Waals surface area (Å²) in [5.41, 5.74) is 2.48. The molecule has 0 spiro atoms. The van der Waals surface area contributed by atoms with Crippen molar-refractivity contribution in [3.8, 4) is 0 Å². The van der Waals surface area contributed by atoms with Crippen LogP contribution in [-0.4, -0.2) is 25.6 Å². The molecule has 0 amide bonds. The van der Waals surface area contributed by atoms with E-state index in [1.807, 2.05) is 14.1 Å². The molecule has 16 heavy (non-hydrogen) atoms. The summed E-state index contributed by atoms with van der Waals surface area (Å²) in [6.45, 7) is 8.39. The topological polar surface area (TPSA) is 28.2 Å². The minimum atomic E-state index is 0.472. The molecule has 0 saturated carbocycles. The van der Waals surface area contributed by atoms with E-state index in [0.29, 0.717) is 5.92 Å². The molecule has 1 rings (SSSR count). The molecule has 0 atom stereocenters. The van der Waals surface area contributed by atoms with Crippen LogP contribution in [0, 0.1) is 0 Å². The van der Waals surface area contributed by atoms with E-state index in [9.17, 15) is 0 Å². The van der Waals surface area contributed by atoms with Crippen molar-refractivity contribution >= 4 is 5.82 Å². The third-order valence-electron chi connectivity index (χ3n) is 2.52. The molecule has 0 aromatic carbocycles. The van der Waals surface area contributed by atoms with Gasteiger partial charge in [-0.25, -0.2) is 4.98 Å². The molecule has 90 valence electrons. The van der Waals surface area contributed by atoms with Gasteiger partial charge in [0.1, 0.15) is 5.82 Å². The number of hydrogen-bond acceptors (Lipinski definition) is 3. The standard InChI is InChI=1S/C13H23N3/c1-6-14-9-11-7-12(10(2)3)15-13(8-11)16(4)5/h7-8,10,14H,6,9H2,1-5H3. The average molecular weight is 221 g/mol. The summed E-state index contributed by atoms with van der Waals surface area (Å²) in [4.78, 5) is 6.70. The Balaban J connectivity index is 2.99. The number of hydrogen-bond donors (Lipinski definition) is 1. The molecule has 3 heteroatoms. The summed E-state index contributed by atoms with van der Waals surface area (Å²) in [6.07, 6.45) is 0. The van der Waals surface area contributed by atoms with Crippen LogP contribution in [0.1, 0.15) is 37.9 Å². The number of aromatic nitrogens is 1. The van der Waals surface area contributed by atoms with Gasteiger partial charge in [-0.15, -0.1) is 0 Å². The first-order chi connectivity index (χ1) is 7.54. The molecule has 0 saturated heterocycles.